The van der Waals surface area contributed by atoms with Crippen molar-refractivity contribution in [3.63, 3.8) is 0 Å². The second-order valence-corrected chi connectivity index (χ2v) is 10.4. The largest absolute Gasteiger partial charge is 0.416 e. The number of Topliss-reactive ketones (excluding diaryl/α,β-unsaturated/α-hetero) is 1. The fourth-order valence-electron chi connectivity index (χ4n) is 5.68. The smallest absolute Gasteiger partial charge is 0.342 e. The minimum absolute atomic E-state index is 0.162. The summed E-state index contributed by atoms with van der Waals surface area (Å²) in [6.45, 7) is 5.63. The van der Waals surface area contributed by atoms with E-state index in [1.54, 1.807) is 13.0 Å². The number of ketones is 1. The lowest BCUT2D eigenvalue weighted by Gasteiger charge is -2.45. The molecule has 176 valence electrons. The van der Waals surface area contributed by atoms with Crippen LogP contribution in [0, 0.1) is 5.41 Å². The highest BCUT2D eigenvalue weighted by Gasteiger charge is 2.54. The van der Waals surface area contributed by atoms with Crippen LogP contribution in [-0.2, 0) is 16.4 Å². The van der Waals surface area contributed by atoms with E-state index in [0.29, 0.717) is 34.8 Å². The number of hydrogen-bond donors (Lipinski definition) is 2. The third-order valence-corrected chi connectivity index (χ3v) is 7.20. The fraction of sp³-hybridized carbons (Fsp3) is 0.500. The first-order valence-corrected chi connectivity index (χ1v) is 10.9. The highest BCUT2D eigenvalue weighted by molar-refractivity contribution is 6.03. The molecule has 2 aliphatic carbocycles. The molecule has 1 saturated carbocycles. The van der Waals surface area contributed by atoms with Gasteiger partial charge in [-0.25, -0.2) is 8.78 Å². The number of rotatable bonds is 2. The van der Waals surface area contributed by atoms with Crippen LogP contribution in [0.1, 0.15) is 74.8 Å². The van der Waals surface area contributed by atoms with Crippen LogP contribution in [0.3, 0.4) is 0 Å². The van der Waals surface area contributed by atoms with E-state index in [4.69, 9.17) is 0 Å². The zero-order valence-corrected chi connectivity index (χ0v) is 18.5. The summed E-state index contributed by atoms with van der Waals surface area (Å²) in [7, 11) is 0. The average Bonchev–Trinajstić information content (AvgIpc) is 3.08. The normalized spacial score (nSPS) is 26.4. The Morgan fingerprint density at radius 3 is 2.42 bits per heavy atom. The van der Waals surface area contributed by atoms with Gasteiger partial charge in [0.05, 0.1) is 11.0 Å². The summed E-state index contributed by atoms with van der Waals surface area (Å²) in [4.78, 5) is 13.4. The number of hydrogen-bond acceptors (Lipinski definition) is 3. The van der Waals surface area contributed by atoms with Crippen molar-refractivity contribution in [3.8, 4) is 0 Å². The highest BCUT2D eigenvalue weighted by atomic mass is 19.4. The number of benzene rings is 1. The van der Waals surface area contributed by atoms with Crippen molar-refractivity contribution in [2.75, 3.05) is 5.32 Å². The van der Waals surface area contributed by atoms with Crippen LogP contribution in [0.2, 0.25) is 0 Å². The van der Waals surface area contributed by atoms with Gasteiger partial charge in [-0.2, -0.15) is 18.3 Å². The monoisotopic (exact) mass is 465 g/mol. The number of anilines is 1. The zero-order chi connectivity index (χ0) is 24.0. The molecule has 0 amide bonds. The number of allylic oxidation sites excluding steroid dienone is 2. The first kappa shape index (κ1) is 22.1. The van der Waals surface area contributed by atoms with E-state index in [1.807, 2.05) is 13.8 Å². The fourth-order valence-corrected chi connectivity index (χ4v) is 5.68. The van der Waals surface area contributed by atoms with Gasteiger partial charge in [0, 0.05) is 47.7 Å². The molecular formula is C24H24F5N3O. The lowest BCUT2D eigenvalue weighted by Crippen LogP contribution is -2.43. The van der Waals surface area contributed by atoms with E-state index >= 15 is 0 Å². The Balaban J connectivity index is 1.74. The Morgan fingerprint density at radius 2 is 1.79 bits per heavy atom. The Morgan fingerprint density at radius 1 is 1.09 bits per heavy atom. The number of alkyl halides is 5. The first-order chi connectivity index (χ1) is 15.2. The number of aromatic amines is 1. The van der Waals surface area contributed by atoms with Gasteiger partial charge in [-0.05, 0) is 30.4 Å². The lowest BCUT2D eigenvalue weighted by molar-refractivity contribution is -0.137. The number of nitrogens with one attached hydrogen (secondary N) is 2. The number of aromatic nitrogens is 2. The number of nitrogens with zero attached hydrogens (tertiary/aromatic N) is 1. The minimum Gasteiger partial charge on any atom is -0.342 e. The van der Waals surface area contributed by atoms with Crippen molar-refractivity contribution in [2.24, 2.45) is 5.41 Å². The zero-order valence-electron chi connectivity index (χ0n) is 18.5. The predicted molar refractivity (Wildman–Crippen MR) is 112 cm³/mol. The van der Waals surface area contributed by atoms with Crippen LogP contribution in [0.4, 0.5) is 27.8 Å². The van der Waals surface area contributed by atoms with Crippen LogP contribution >= 0.6 is 0 Å². The molecule has 9 heteroatoms. The van der Waals surface area contributed by atoms with Crippen molar-refractivity contribution in [1.82, 2.24) is 10.2 Å². The first-order valence-electron chi connectivity index (χ1n) is 10.9. The summed E-state index contributed by atoms with van der Waals surface area (Å²) in [6, 6.07) is 4.92. The Labute approximate surface area is 187 Å². The molecule has 5 rings (SSSR count). The van der Waals surface area contributed by atoms with Gasteiger partial charge in [0.2, 0.25) is 5.92 Å². The van der Waals surface area contributed by atoms with Crippen molar-refractivity contribution >= 4 is 11.6 Å². The van der Waals surface area contributed by atoms with Gasteiger partial charge in [0.1, 0.15) is 0 Å². The number of carbonyl (C=O) groups is 1. The molecule has 0 radical (unpaired) electrons. The molecule has 4 nitrogen and oxygen atoms in total. The molecule has 1 aliphatic heterocycles. The van der Waals surface area contributed by atoms with Crippen molar-refractivity contribution in [2.45, 2.75) is 69.9 Å². The van der Waals surface area contributed by atoms with Crippen LogP contribution in [0.25, 0.3) is 0 Å². The Hall–Kier alpha value is -2.71. The minimum atomic E-state index is -4.56. The maximum atomic E-state index is 13.7. The van der Waals surface area contributed by atoms with Gasteiger partial charge < -0.3 is 5.32 Å². The molecule has 1 aromatic heterocycles. The molecule has 1 unspecified atom stereocenters. The third-order valence-electron chi connectivity index (χ3n) is 7.20. The second kappa shape index (κ2) is 6.67. The standard InChI is InChI=1S/C24H24F5N3O/c1-21(2)10-15-17(16(33)11-21)22(3,13-5-4-6-14(7-13)24(27,28)29)18-19(31-32-20(18)30-15)12-8-23(25,26)9-12/h4-7,12H,8-11H2,1-3H3,(H2,30,31,32). The maximum Gasteiger partial charge on any atom is 0.416 e. The van der Waals surface area contributed by atoms with Crippen molar-refractivity contribution < 1.29 is 26.7 Å². The number of fused-ring (bicyclic) bond motifs is 1. The summed E-state index contributed by atoms with van der Waals surface area (Å²) in [6.07, 6.45) is -4.54. The van der Waals surface area contributed by atoms with Crippen LogP contribution in [-0.4, -0.2) is 21.9 Å². The molecule has 2 aromatic rings. The van der Waals surface area contributed by atoms with Gasteiger partial charge in [-0.15, -0.1) is 0 Å². The molecule has 1 atom stereocenters. The second-order valence-electron chi connectivity index (χ2n) is 10.4. The van der Waals surface area contributed by atoms with Gasteiger partial charge >= 0.3 is 6.18 Å². The molecule has 1 fully saturated rings. The van der Waals surface area contributed by atoms with E-state index in [2.05, 4.69) is 15.5 Å². The number of carbonyl (C=O) groups excluding carboxylic acids is 1. The number of H-pyrrole nitrogens is 1. The van der Waals surface area contributed by atoms with Crippen LogP contribution < -0.4 is 5.32 Å². The summed E-state index contributed by atoms with van der Waals surface area (Å²) >= 11 is 0. The SMILES string of the molecule is CC1(C)CC(=O)C2=C(C1)Nc1n[nH]c(C3CC(F)(F)C3)c1C2(C)c1cccc(C(F)(F)F)c1. The molecule has 1 aromatic carbocycles. The third kappa shape index (κ3) is 3.38. The van der Waals surface area contributed by atoms with E-state index in [0.717, 1.165) is 12.1 Å². The molecule has 0 saturated heterocycles. The van der Waals surface area contributed by atoms with Crippen molar-refractivity contribution in [1.29, 1.82) is 0 Å². The quantitative estimate of drug-likeness (QED) is 0.511. The van der Waals surface area contributed by atoms with E-state index in [9.17, 15) is 26.7 Å². The molecular weight excluding hydrogens is 441 g/mol. The summed E-state index contributed by atoms with van der Waals surface area (Å²) in [5.41, 5.74) is -0.186. The summed E-state index contributed by atoms with van der Waals surface area (Å²) < 4.78 is 68.1. The molecule has 3 aliphatic rings. The van der Waals surface area contributed by atoms with Crippen LogP contribution in [0.15, 0.2) is 35.5 Å². The predicted octanol–water partition coefficient (Wildman–Crippen LogP) is 6.32. The average molecular weight is 465 g/mol. The van der Waals surface area contributed by atoms with E-state index in [1.165, 1.54) is 6.07 Å². The molecule has 0 spiro atoms. The van der Waals surface area contributed by atoms with E-state index < -0.39 is 29.0 Å². The van der Waals surface area contributed by atoms with Crippen LogP contribution in [0.5, 0.6) is 0 Å². The number of halogens is 5. The topological polar surface area (TPSA) is 57.8 Å². The van der Waals surface area contributed by atoms with Gasteiger partial charge in [0.15, 0.2) is 11.6 Å². The lowest BCUT2D eigenvalue weighted by atomic mass is 9.60. The molecule has 2 heterocycles. The Bertz CT molecular complexity index is 1180. The van der Waals surface area contributed by atoms with Gasteiger partial charge in [-0.1, -0.05) is 32.0 Å². The summed E-state index contributed by atoms with van der Waals surface area (Å²) in [5, 5.41) is 10.4. The maximum absolute atomic E-state index is 13.7. The molecule has 2 N–H and O–H groups in total. The van der Waals surface area contributed by atoms with E-state index in [-0.39, 0.29) is 36.0 Å². The van der Waals surface area contributed by atoms with Crippen molar-refractivity contribution in [3.05, 3.63) is 57.9 Å². The van der Waals surface area contributed by atoms with Gasteiger partial charge in [0.25, 0.3) is 0 Å². The molecule has 33 heavy (non-hydrogen) atoms. The highest BCUT2D eigenvalue weighted by Crippen LogP contribution is 2.57. The summed E-state index contributed by atoms with van der Waals surface area (Å²) in [5.74, 6) is -3.08. The van der Waals surface area contributed by atoms with Gasteiger partial charge in [-0.3, -0.25) is 9.89 Å². The Kier molecular flexibility index (Phi) is 4.47. The molecule has 0 bridgehead atoms.